The molecule has 0 aliphatic heterocycles. The summed E-state index contributed by atoms with van der Waals surface area (Å²) >= 11 is 0. The van der Waals surface area contributed by atoms with Gasteiger partial charge in [-0.05, 0) is 43.4 Å². The maximum atomic E-state index is 13.5. The van der Waals surface area contributed by atoms with Gasteiger partial charge in [-0.15, -0.1) is 0 Å². The summed E-state index contributed by atoms with van der Waals surface area (Å²) in [5.41, 5.74) is 2.37. The van der Waals surface area contributed by atoms with Crippen molar-refractivity contribution in [1.29, 1.82) is 0 Å². The van der Waals surface area contributed by atoms with E-state index in [9.17, 15) is 18.0 Å². The molecule has 1 atom stereocenters. The van der Waals surface area contributed by atoms with Gasteiger partial charge in [-0.1, -0.05) is 62.4 Å². The van der Waals surface area contributed by atoms with Crippen molar-refractivity contribution in [1.82, 2.24) is 10.2 Å². The Labute approximate surface area is 197 Å². The SMILES string of the molecule is CCNC(=O)[C@@H](CC)N(CCc1ccccc1)C(=O)CN(c1ccccc1CC)S(C)(=O)=O. The van der Waals surface area contributed by atoms with Crippen molar-refractivity contribution in [2.24, 2.45) is 0 Å². The zero-order valence-electron chi connectivity index (χ0n) is 20.0. The third kappa shape index (κ3) is 7.32. The molecule has 0 spiro atoms. The van der Waals surface area contributed by atoms with Crippen molar-refractivity contribution in [3.05, 3.63) is 65.7 Å². The maximum absolute atomic E-state index is 13.5. The fourth-order valence-corrected chi connectivity index (χ4v) is 4.72. The molecular formula is C25H35N3O4S. The average Bonchev–Trinajstić information content (AvgIpc) is 2.80. The number of carbonyl (C=O) groups is 2. The zero-order valence-corrected chi connectivity index (χ0v) is 20.8. The van der Waals surface area contributed by atoms with Gasteiger partial charge in [0.05, 0.1) is 11.9 Å². The quantitative estimate of drug-likeness (QED) is 0.513. The fraction of sp³-hybridized carbons (Fsp3) is 0.440. The Morgan fingerprint density at radius 1 is 0.970 bits per heavy atom. The van der Waals surface area contributed by atoms with E-state index in [-0.39, 0.29) is 12.5 Å². The van der Waals surface area contributed by atoms with Gasteiger partial charge in [0.25, 0.3) is 0 Å². The standard InChI is InChI=1S/C25H35N3O4S/c1-5-21-15-11-12-16-23(21)28(33(4,31)32)19-24(29)27(22(6-2)25(30)26-7-3)18-17-20-13-9-8-10-14-20/h8-16,22H,5-7,17-19H2,1-4H3,(H,26,30)/t22-/m1/s1. The molecule has 7 nitrogen and oxygen atoms in total. The Morgan fingerprint density at radius 2 is 1.61 bits per heavy atom. The van der Waals surface area contributed by atoms with Crippen LogP contribution in [0, 0.1) is 0 Å². The second kappa shape index (κ2) is 12.4. The maximum Gasteiger partial charge on any atom is 0.244 e. The summed E-state index contributed by atoms with van der Waals surface area (Å²) in [4.78, 5) is 27.8. The van der Waals surface area contributed by atoms with Crippen molar-refractivity contribution < 1.29 is 18.0 Å². The van der Waals surface area contributed by atoms with Crippen molar-refractivity contribution in [2.45, 2.75) is 46.1 Å². The fourth-order valence-electron chi connectivity index (χ4n) is 3.84. The van der Waals surface area contributed by atoms with Crippen molar-refractivity contribution >= 4 is 27.5 Å². The monoisotopic (exact) mass is 473 g/mol. The Balaban J connectivity index is 2.38. The van der Waals surface area contributed by atoms with Crippen molar-refractivity contribution in [3.8, 4) is 0 Å². The lowest BCUT2D eigenvalue weighted by Crippen LogP contribution is -2.53. The predicted octanol–water partition coefficient (Wildman–Crippen LogP) is 3.00. The summed E-state index contributed by atoms with van der Waals surface area (Å²) in [6.07, 6.45) is 2.72. The van der Waals surface area contributed by atoms with Gasteiger partial charge in [0.15, 0.2) is 0 Å². The number of amides is 2. The Bertz CT molecular complexity index is 1020. The van der Waals surface area contributed by atoms with Crippen LogP contribution < -0.4 is 9.62 Å². The summed E-state index contributed by atoms with van der Waals surface area (Å²) in [5, 5.41) is 2.80. The Kier molecular flexibility index (Phi) is 9.91. The number of aryl methyl sites for hydroxylation is 1. The highest BCUT2D eigenvalue weighted by molar-refractivity contribution is 7.92. The van der Waals surface area contributed by atoms with E-state index >= 15 is 0 Å². The molecular weight excluding hydrogens is 438 g/mol. The Morgan fingerprint density at radius 3 is 2.18 bits per heavy atom. The number of para-hydroxylation sites is 1. The van der Waals surface area contributed by atoms with Crippen LogP contribution in [0.4, 0.5) is 5.69 Å². The number of likely N-dealkylation sites (N-methyl/N-ethyl adjacent to an activating group) is 1. The lowest BCUT2D eigenvalue weighted by molar-refractivity contribution is -0.139. The molecule has 0 unspecified atom stereocenters. The molecule has 0 bridgehead atoms. The first-order valence-corrected chi connectivity index (χ1v) is 13.2. The second-order valence-electron chi connectivity index (χ2n) is 7.89. The molecule has 180 valence electrons. The molecule has 8 heteroatoms. The van der Waals surface area contributed by atoms with E-state index in [0.29, 0.717) is 38.0 Å². The highest BCUT2D eigenvalue weighted by atomic mass is 32.2. The van der Waals surface area contributed by atoms with Crippen LogP contribution in [-0.2, 0) is 32.5 Å². The minimum Gasteiger partial charge on any atom is -0.355 e. The van der Waals surface area contributed by atoms with Crippen LogP contribution in [0.15, 0.2) is 54.6 Å². The lowest BCUT2D eigenvalue weighted by atomic mass is 10.1. The van der Waals surface area contributed by atoms with Crippen LogP contribution in [0.3, 0.4) is 0 Å². The number of benzene rings is 2. The number of nitrogens with one attached hydrogen (secondary N) is 1. The van der Waals surface area contributed by atoms with E-state index in [1.54, 1.807) is 12.1 Å². The zero-order chi connectivity index (χ0) is 24.4. The minimum atomic E-state index is -3.72. The number of rotatable bonds is 12. The highest BCUT2D eigenvalue weighted by Crippen LogP contribution is 2.24. The molecule has 0 saturated heterocycles. The smallest absolute Gasteiger partial charge is 0.244 e. The van der Waals surface area contributed by atoms with Gasteiger partial charge in [0.1, 0.15) is 12.6 Å². The molecule has 1 N–H and O–H groups in total. The number of hydrogen-bond donors (Lipinski definition) is 1. The summed E-state index contributed by atoms with van der Waals surface area (Å²) in [7, 11) is -3.72. The van der Waals surface area contributed by atoms with E-state index in [1.807, 2.05) is 63.2 Å². The number of sulfonamides is 1. The molecule has 0 fully saturated rings. The van der Waals surface area contributed by atoms with Crippen LogP contribution in [0.25, 0.3) is 0 Å². The predicted molar refractivity (Wildman–Crippen MR) is 133 cm³/mol. The molecule has 0 aromatic heterocycles. The normalized spacial score (nSPS) is 12.1. The van der Waals surface area contributed by atoms with Gasteiger partial charge < -0.3 is 10.2 Å². The van der Waals surface area contributed by atoms with Crippen LogP contribution in [0.1, 0.15) is 38.3 Å². The van der Waals surface area contributed by atoms with Crippen molar-refractivity contribution in [2.75, 3.05) is 30.2 Å². The molecule has 2 amide bonds. The third-order valence-corrected chi connectivity index (χ3v) is 6.67. The van der Waals surface area contributed by atoms with Crippen LogP contribution in [-0.4, -0.2) is 57.1 Å². The van der Waals surface area contributed by atoms with Gasteiger partial charge in [0, 0.05) is 13.1 Å². The first-order valence-electron chi connectivity index (χ1n) is 11.4. The average molecular weight is 474 g/mol. The second-order valence-corrected chi connectivity index (χ2v) is 9.80. The molecule has 0 aliphatic carbocycles. The molecule has 0 saturated carbocycles. The summed E-state index contributed by atoms with van der Waals surface area (Å²) in [5.74, 6) is -0.637. The topological polar surface area (TPSA) is 86.8 Å². The van der Waals surface area contributed by atoms with E-state index in [0.717, 1.165) is 21.7 Å². The van der Waals surface area contributed by atoms with E-state index in [4.69, 9.17) is 0 Å². The molecule has 2 aromatic rings. The van der Waals surface area contributed by atoms with Crippen LogP contribution in [0.5, 0.6) is 0 Å². The first kappa shape index (κ1) is 26.4. The van der Waals surface area contributed by atoms with Gasteiger partial charge in [-0.3, -0.25) is 13.9 Å². The summed E-state index contributed by atoms with van der Waals surface area (Å²) in [6, 6.07) is 16.2. The van der Waals surface area contributed by atoms with E-state index < -0.39 is 22.0 Å². The largest absolute Gasteiger partial charge is 0.355 e. The molecule has 0 aliphatic rings. The number of anilines is 1. The van der Waals surface area contributed by atoms with Gasteiger partial charge in [-0.25, -0.2) is 8.42 Å². The van der Waals surface area contributed by atoms with Gasteiger partial charge in [-0.2, -0.15) is 0 Å². The van der Waals surface area contributed by atoms with Crippen molar-refractivity contribution in [3.63, 3.8) is 0 Å². The highest BCUT2D eigenvalue weighted by Gasteiger charge is 2.31. The lowest BCUT2D eigenvalue weighted by Gasteiger charge is -2.33. The summed E-state index contributed by atoms with van der Waals surface area (Å²) in [6.45, 7) is 6.02. The molecule has 2 aromatic carbocycles. The van der Waals surface area contributed by atoms with Crippen LogP contribution >= 0.6 is 0 Å². The number of hydrogen-bond acceptors (Lipinski definition) is 4. The molecule has 0 heterocycles. The van der Waals surface area contributed by atoms with E-state index in [2.05, 4.69) is 5.32 Å². The van der Waals surface area contributed by atoms with Gasteiger partial charge >= 0.3 is 0 Å². The molecule has 0 radical (unpaired) electrons. The number of carbonyl (C=O) groups excluding carboxylic acids is 2. The number of nitrogens with zero attached hydrogens (tertiary/aromatic N) is 2. The van der Waals surface area contributed by atoms with E-state index in [1.165, 1.54) is 4.90 Å². The Hall–Kier alpha value is -2.87. The minimum absolute atomic E-state index is 0.235. The third-order valence-electron chi connectivity index (χ3n) is 5.54. The molecule has 33 heavy (non-hydrogen) atoms. The molecule has 2 rings (SSSR count). The summed E-state index contributed by atoms with van der Waals surface area (Å²) < 4.78 is 26.5. The van der Waals surface area contributed by atoms with Gasteiger partial charge in [0.2, 0.25) is 21.8 Å². The first-order chi connectivity index (χ1) is 15.7. The van der Waals surface area contributed by atoms with Crippen LogP contribution in [0.2, 0.25) is 0 Å².